The van der Waals surface area contributed by atoms with E-state index in [2.05, 4.69) is 187 Å². The van der Waals surface area contributed by atoms with Crippen LogP contribution >= 0.6 is 11.3 Å². The van der Waals surface area contributed by atoms with Crippen LogP contribution in [0.2, 0.25) is 0 Å². The molecule has 290 valence electrons. The smallest absolute Gasteiger partial charge is 0.211 e. The van der Waals surface area contributed by atoms with E-state index >= 15 is 0 Å². The largest absolute Gasteiger partial charge is 0.288 e. The number of hydrogen-bond acceptors (Lipinski definition) is 4. The molecular formula is C56H41N4S+. The normalized spacial score (nSPS) is 15.1. The number of benzene rings is 7. The van der Waals surface area contributed by atoms with Gasteiger partial charge in [-0.15, -0.1) is 11.3 Å². The standard InChI is InChI=1S/C56H40N4S/c1-5-15-38(16-6-1)47-35-48(39-17-7-2-8-18-39)59-56(58-47)44-31-25-37(26-32-44)45-33-34-52-54(46-23-13-14-24-51(46)61-52)53(45)42-29-27-41(28-30-42)50-36-49(40-19-9-3-10-20-40)57-55(60-50)43-21-11-4-12-22-43/h1-7,9-17,19-36,56,58H,8,18H2/p+1. The lowest BCUT2D eigenvalue weighted by atomic mass is 9.89. The Balaban J connectivity index is 0.994. The molecule has 0 saturated carbocycles. The van der Waals surface area contributed by atoms with Gasteiger partial charge in [-0.25, -0.2) is 15.0 Å². The average Bonchev–Trinajstić information content (AvgIpc) is 3.73. The zero-order valence-corrected chi connectivity index (χ0v) is 34.3. The zero-order valence-electron chi connectivity index (χ0n) is 33.4. The number of nitrogens with two attached hydrogens (primary N) is 1. The highest BCUT2D eigenvalue weighted by Crippen LogP contribution is 2.45. The Labute approximate surface area is 359 Å². The van der Waals surface area contributed by atoms with E-state index in [1.807, 2.05) is 35.6 Å². The second-order valence-electron chi connectivity index (χ2n) is 15.6. The maximum Gasteiger partial charge on any atom is 0.211 e. The molecule has 0 saturated heterocycles. The number of hydrogen-bond donors (Lipinski definition) is 1. The van der Waals surface area contributed by atoms with Crippen LogP contribution in [-0.4, -0.2) is 15.7 Å². The highest BCUT2D eigenvalue weighted by atomic mass is 32.1. The third-order valence-electron chi connectivity index (χ3n) is 11.8. The summed E-state index contributed by atoms with van der Waals surface area (Å²) in [6.45, 7) is 0. The van der Waals surface area contributed by atoms with Gasteiger partial charge in [0.25, 0.3) is 0 Å². The molecule has 9 aromatic rings. The number of aliphatic imine (C=N–C) groups is 1. The minimum absolute atomic E-state index is 0.0852. The van der Waals surface area contributed by atoms with Crippen molar-refractivity contribution < 1.29 is 5.32 Å². The van der Waals surface area contributed by atoms with Gasteiger partial charge >= 0.3 is 0 Å². The van der Waals surface area contributed by atoms with Crippen molar-refractivity contribution in [1.29, 1.82) is 0 Å². The van der Waals surface area contributed by atoms with Crippen molar-refractivity contribution in [3.63, 3.8) is 0 Å². The number of fused-ring (bicyclic) bond motifs is 3. The first kappa shape index (κ1) is 36.7. The third kappa shape index (κ3) is 7.25. The van der Waals surface area contributed by atoms with Crippen molar-refractivity contribution in [2.24, 2.45) is 4.99 Å². The molecule has 2 aromatic heterocycles. The van der Waals surface area contributed by atoms with Crippen LogP contribution in [0, 0.1) is 0 Å². The summed E-state index contributed by atoms with van der Waals surface area (Å²) >= 11 is 1.85. The minimum Gasteiger partial charge on any atom is -0.288 e. The molecule has 0 amide bonds. The van der Waals surface area contributed by atoms with E-state index in [-0.39, 0.29) is 6.17 Å². The number of quaternary nitrogens is 1. The van der Waals surface area contributed by atoms with E-state index in [0.717, 1.165) is 46.6 Å². The van der Waals surface area contributed by atoms with Gasteiger partial charge in [-0.05, 0) is 71.0 Å². The van der Waals surface area contributed by atoms with Gasteiger partial charge in [0.05, 0.1) is 17.1 Å². The molecule has 0 radical (unpaired) electrons. The van der Waals surface area contributed by atoms with Gasteiger partial charge in [0.2, 0.25) is 6.17 Å². The van der Waals surface area contributed by atoms with Crippen molar-refractivity contribution in [3.05, 3.63) is 223 Å². The van der Waals surface area contributed by atoms with Crippen LogP contribution in [0.4, 0.5) is 0 Å². The van der Waals surface area contributed by atoms with Crippen molar-refractivity contribution in [2.45, 2.75) is 19.0 Å². The highest BCUT2D eigenvalue weighted by molar-refractivity contribution is 7.26. The first-order valence-electron chi connectivity index (χ1n) is 20.9. The molecule has 7 aromatic carbocycles. The third-order valence-corrected chi connectivity index (χ3v) is 12.9. The van der Waals surface area contributed by atoms with Gasteiger partial charge in [0.15, 0.2) is 5.82 Å². The molecule has 4 nitrogen and oxygen atoms in total. The van der Waals surface area contributed by atoms with Gasteiger partial charge in [-0.2, -0.15) is 0 Å². The van der Waals surface area contributed by atoms with Crippen LogP contribution in [0.3, 0.4) is 0 Å². The summed E-state index contributed by atoms with van der Waals surface area (Å²) < 4.78 is 2.57. The Morgan fingerprint density at radius 1 is 0.541 bits per heavy atom. The van der Waals surface area contributed by atoms with Crippen LogP contribution in [0.25, 0.3) is 82.0 Å². The van der Waals surface area contributed by atoms with E-state index in [9.17, 15) is 0 Å². The molecule has 2 N–H and O–H groups in total. The van der Waals surface area contributed by atoms with Crippen LogP contribution in [-0.2, 0) is 0 Å². The maximum absolute atomic E-state index is 5.34. The summed E-state index contributed by atoms with van der Waals surface area (Å²) in [4.78, 5) is 15.5. The summed E-state index contributed by atoms with van der Waals surface area (Å²) in [5, 5.41) is 4.88. The van der Waals surface area contributed by atoms with Crippen LogP contribution in [0.15, 0.2) is 217 Å². The summed E-state index contributed by atoms with van der Waals surface area (Å²) in [5.41, 5.74) is 15.7. The van der Waals surface area contributed by atoms with Gasteiger partial charge < -0.3 is 0 Å². The first-order valence-corrected chi connectivity index (χ1v) is 21.7. The lowest BCUT2D eigenvalue weighted by Crippen LogP contribution is -2.82. The fourth-order valence-electron chi connectivity index (χ4n) is 8.66. The summed E-state index contributed by atoms with van der Waals surface area (Å²) in [7, 11) is 0. The molecule has 5 heteroatoms. The van der Waals surface area contributed by atoms with Crippen molar-refractivity contribution in [3.8, 4) is 56.2 Å². The van der Waals surface area contributed by atoms with E-state index in [0.29, 0.717) is 5.82 Å². The molecule has 1 aliphatic heterocycles. The van der Waals surface area contributed by atoms with Gasteiger partial charge in [-0.3, -0.25) is 5.32 Å². The Morgan fingerprint density at radius 2 is 1.16 bits per heavy atom. The van der Waals surface area contributed by atoms with Crippen LogP contribution in [0.1, 0.15) is 30.1 Å². The van der Waals surface area contributed by atoms with E-state index < -0.39 is 0 Å². The number of allylic oxidation sites excluding steroid dienone is 5. The molecule has 0 fully saturated rings. The topological polar surface area (TPSA) is 54.8 Å². The van der Waals surface area contributed by atoms with Crippen molar-refractivity contribution >= 4 is 42.9 Å². The molecule has 61 heavy (non-hydrogen) atoms. The monoisotopic (exact) mass is 801 g/mol. The average molecular weight is 802 g/mol. The van der Waals surface area contributed by atoms with Crippen LogP contribution in [0.5, 0.6) is 0 Å². The molecule has 1 aliphatic carbocycles. The Kier molecular flexibility index (Phi) is 9.66. The van der Waals surface area contributed by atoms with E-state index in [4.69, 9.17) is 15.0 Å². The van der Waals surface area contributed by atoms with E-state index in [1.165, 1.54) is 64.8 Å². The molecule has 3 heterocycles. The molecule has 1 atom stereocenters. The number of thiophene rings is 1. The van der Waals surface area contributed by atoms with E-state index in [1.54, 1.807) is 0 Å². The molecule has 0 spiro atoms. The van der Waals surface area contributed by atoms with Gasteiger partial charge in [0, 0.05) is 54.1 Å². The van der Waals surface area contributed by atoms with Crippen molar-refractivity contribution in [1.82, 2.24) is 9.97 Å². The SMILES string of the molecule is C1=CCCC(C2=NC(c3ccc(-c4ccc5sc6ccccc6c5c4-c4ccc(-c5cc(-c6ccccc6)nc(-c6ccccc6)n5)cc4)cc3)[NH2+]C(c3ccccc3)=C2)=C1. The number of rotatable bonds is 8. The first-order chi connectivity index (χ1) is 30.2. The molecule has 11 rings (SSSR count). The Bertz CT molecular complexity index is 3120. The maximum atomic E-state index is 5.34. The van der Waals surface area contributed by atoms with Crippen LogP contribution < -0.4 is 5.32 Å². The quantitative estimate of drug-likeness (QED) is 0.166. The lowest BCUT2D eigenvalue weighted by molar-refractivity contribution is -0.609. The fraction of sp³-hybridized carbons (Fsp3) is 0.0536. The second-order valence-corrected chi connectivity index (χ2v) is 16.7. The summed E-state index contributed by atoms with van der Waals surface area (Å²) in [6.07, 6.45) is 10.8. The van der Waals surface area contributed by atoms with Gasteiger partial charge in [0.1, 0.15) is 5.70 Å². The fourth-order valence-corrected chi connectivity index (χ4v) is 9.77. The molecule has 0 bridgehead atoms. The zero-order chi connectivity index (χ0) is 40.5. The Hall–Kier alpha value is -7.31. The summed E-state index contributed by atoms with van der Waals surface area (Å²) in [6, 6.07) is 64.8. The number of aromatic nitrogens is 2. The van der Waals surface area contributed by atoms with Crippen molar-refractivity contribution in [2.75, 3.05) is 0 Å². The molecular weight excluding hydrogens is 761 g/mol. The Morgan fingerprint density at radius 3 is 1.87 bits per heavy atom. The lowest BCUT2D eigenvalue weighted by Gasteiger charge is -2.22. The predicted octanol–water partition coefficient (Wildman–Crippen LogP) is 13.5. The minimum atomic E-state index is -0.0852. The molecule has 1 unspecified atom stereocenters. The predicted molar refractivity (Wildman–Crippen MR) is 255 cm³/mol. The number of nitrogens with zero attached hydrogens (tertiary/aromatic N) is 3. The summed E-state index contributed by atoms with van der Waals surface area (Å²) in [5.74, 6) is 0.713. The van der Waals surface area contributed by atoms with Gasteiger partial charge in [-0.1, -0.05) is 170 Å². The second kappa shape index (κ2) is 16.0. The highest BCUT2D eigenvalue weighted by Gasteiger charge is 2.25. The molecule has 2 aliphatic rings.